The molecule has 1 aromatic heterocycles. The van der Waals surface area contributed by atoms with Crippen molar-refractivity contribution in [3.8, 4) is 0 Å². The van der Waals surface area contributed by atoms with Crippen molar-refractivity contribution >= 4 is 5.91 Å². The molecule has 0 saturated heterocycles. The minimum Gasteiger partial charge on any atom is -0.352 e. The van der Waals surface area contributed by atoms with Crippen LogP contribution in [0.3, 0.4) is 0 Å². The highest BCUT2D eigenvalue weighted by molar-refractivity contribution is 5.89. The second-order valence-corrected chi connectivity index (χ2v) is 3.57. The highest BCUT2D eigenvalue weighted by atomic mass is 16.5. The van der Waals surface area contributed by atoms with Crippen LogP contribution in [0.25, 0.3) is 0 Å². The third-order valence-corrected chi connectivity index (χ3v) is 2.25. The number of rotatable bonds is 5. The first-order chi connectivity index (χ1) is 7.29. The second-order valence-electron chi connectivity index (χ2n) is 3.57. The van der Waals surface area contributed by atoms with Crippen LogP contribution >= 0.6 is 0 Å². The summed E-state index contributed by atoms with van der Waals surface area (Å²) in [6.07, 6.45) is 3.18. The van der Waals surface area contributed by atoms with Gasteiger partial charge in [0.15, 0.2) is 0 Å². The molecule has 6 nitrogen and oxygen atoms in total. The summed E-state index contributed by atoms with van der Waals surface area (Å²) in [7, 11) is 1.53. The van der Waals surface area contributed by atoms with Crippen LogP contribution in [0.5, 0.6) is 0 Å². The van der Waals surface area contributed by atoms with Gasteiger partial charge in [0.25, 0.3) is 11.7 Å². The Balaban J connectivity index is 1.80. The first-order valence-corrected chi connectivity index (χ1v) is 5.07. The van der Waals surface area contributed by atoms with Crippen LogP contribution in [0.15, 0.2) is 4.52 Å². The van der Waals surface area contributed by atoms with Crippen molar-refractivity contribution in [3.05, 3.63) is 11.7 Å². The van der Waals surface area contributed by atoms with E-state index in [4.69, 9.17) is 4.52 Å². The molecule has 1 saturated carbocycles. The van der Waals surface area contributed by atoms with Gasteiger partial charge in [-0.3, -0.25) is 4.79 Å². The molecule has 0 radical (unpaired) electrons. The summed E-state index contributed by atoms with van der Waals surface area (Å²) in [5, 5.41) is 9.34. The van der Waals surface area contributed by atoms with Crippen molar-refractivity contribution in [2.24, 2.45) is 0 Å². The molecule has 2 rings (SSSR count). The number of hydrogen-bond donors (Lipinski definition) is 2. The quantitative estimate of drug-likeness (QED) is 0.699. The van der Waals surface area contributed by atoms with E-state index in [-0.39, 0.29) is 11.7 Å². The Hall–Kier alpha value is -1.43. The maximum atomic E-state index is 11.1. The van der Waals surface area contributed by atoms with E-state index in [0.29, 0.717) is 18.4 Å². The van der Waals surface area contributed by atoms with Crippen LogP contribution in [-0.4, -0.2) is 35.7 Å². The summed E-state index contributed by atoms with van der Waals surface area (Å²) in [5.41, 5.74) is 0. The minimum atomic E-state index is -0.319. The molecule has 15 heavy (non-hydrogen) atoms. The van der Waals surface area contributed by atoms with Gasteiger partial charge in [-0.2, -0.15) is 4.98 Å². The van der Waals surface area contributed by atoms with Gasteiger partial charge in [0, 0.05) is 26.1 Å². The number of hydrogen-bond acceptors (Lipinski definition) is 5. The Kier molecular flexibility index (Phi) is 2.96. The van der Waals surface area contributed by atoms with Crippen LogP contribution in [0.2, 0.25) is 0 Å². The van der Waals surface area contributed by atoms with Crippen molar-refractivity contribution in [2.75, 3.05) is 13.6 Å². The summed E-state index contributed by atoms with van der Waals surface area (Å²) in [4.78, 5) is 15.1. The van der Waals surface area contributed by atoms with Crippen LogP contribution in [0.4, 0.5) is 0 Å². The number of aromatic nitrogens is 2. The standard InChI is InChI=1S/C9H14N4O2/c1-10-9(14)8-12-7(15-13-8)4-5-11-6-2-3-6/h6,11H,2-5H2,1H3,(H,10,14). The van der Waals surface area contributed by atoms with Crippen LogP contribution in [0, 0.1) is 0 Å². The SMILES string of the molecule is CNC(=O)c1noc(CCNC2CC2)n1. The number of amides is 1. The van der Waals surface area contributed by atoms with E-state index in [1.807, 2.05) is 0 Å². The molecular weight excluding hydrogens is 196 g/mol. The Bertz CT molecular complexity index is 346. The Morgan fingerprint density at radius 1 is 1.60 bits per heavy atom. The first kappa shape index (κ1) is 10.1. The molecule has 82 valence electrons. The highest BCUT2D eigenvalue weighted by Gasteiger charge is 2.20. The fraction of sp³-hybridized carbons (Fsp3) is 0.667. The lowest BCUT2D eigenvalue weighted by atomic mass is 10.4. The Labute approximate surface area is 87.4 Å². The van der Waals surface area contributed by atoms with Crippen molar-refractivity contribution in [2.45, 2.75) is 25.3 Å². The van der Waals surface area contributed by atoms with E-state index < -0.39 is 0 Å². The zero-order chi connectivity index (χ0) is 10.7. The average molecular weight is 210 g/mol. The predicted molar refractivity (Wildman–Crippen MR) is 52.4 cm³/mol. The molecule has 0 unspecified atom stereocenters. The number of nitrogens with one attached hydrogen (secondary N) is 2. The van der Waals surface area contributed by atoms with E-state index >= 15 is 0 Å². The molecular formula is C9H14N4O2. The lowest BCUT2D eigenvalue weighted by molar-refractivity contribution is 0.0950. The van der Waals surface area contributed by atoms with Crippen molar-refractivity contribution < 1.29 is 9.32 Å². The van der Waals surface area contributed by atoms with Gasteiger partial charge in [0.2, 0.25) is 5.89 Å². The molecule has 6 heteroatoms. The number of carbonyl (C=O) groups is 1. The van der Waals surface area contributed by atoms with Crippen LogP contribution < -0.4 is 10.6 Å². The zero-order valence-electron chi connectivity index (χ0n) is 8.62. The van der Waals surface area contributed by atoms with Gasteiger partial charge in [-0.15, -0.1) is 0 Å². The topological polar surface area (TPSA) is 80.0 Å². The largest absolute Gasteiger partial charge is 0.352 e. The third-order valence-electron chi connectivity index (χ3n) is 2.25. The zero-order valence-corrected chi connectivity index (χ0v) is 8.62. The van der Waals surface area contributed by atoms with E-state index in [2.05, 4.69) is 20.8 Å². The summed E-state index contributed by atoms with van der Waals surface area (Å²) in [6, 6.07) is 0.673. The summed E-state index contributed by atoms with van der Waals surface area (Å²) in [5.74, 6) is 0.279. The van der Waals surface area contributed by atoms with E-state index in [0.717, 1.165) is 6.54 Å². The highest BCUT2D eigenvalue weighted by Crippen LogP contribution is 2.18. The maximum absolute atomic E-state index is 11.1. The molecule has 0 spiro atoms. The lowest BCUT2D eigenvalue weighted by Gasteiger charge is -1.96. The van der Waals surface area contributed by atoms with Gasteiger partial charge in [-0.25, -0.2) is 0 Å². The molecule has 0 aromatic carbocycles. The molecule has 0 bridgehead atoms. The molecule has 0 aliphatic heterocycles. The molecule has 0 atom stereocenters. The number of nitrogens with zero attached hydrogens (tertiary/aromatic N) is 2. The Morgan fingerprint density at radius 2 is 2.40 bits per heavy atom. The summed E-state index contributed by atoms with van der Waals surface area (Å²) >= 11 is 0. The molecule has 1 heterocycles. The molecule has 1 aliphatic rings. The average Bonchev–Trinajstić information content (AvgIpc) is 2.94. The van der Waals surface area contributed by atoms with Crippen molar-refractivity contribution in [1.29, 1.82) is 0 Å². The predicted octanol–water partition coefficient (Wildman–Crippen LogP) is -0.276. The first-order valence-electron chi connectivity index (χ1n) is 5.07. The fourth-order valence-electron chi connectivity index (χ4n) is 1.23. The van der Waals surface area contributed by atoms with Gasteiger partial charge in [-0.1, -0.05) is 5.16 Å². The van der Waals surface area contributed by atoms with Gasteiger partial charge in [-0.05, 0) is 12.8 Å². The number of carbonyl (C=O) groups excluding carboxylic acids is 1. The summed E-state index contributed by atoms with van der Waals surface area (Å²) in [6.45, 7) is 0.819. The molecule has 1 fully saturated rings. The smallest absolute Gasteiger partial charge is 0.292 e. The minimum absolute atomic E-state index is 0.0962. The van der Waals surface area contributed by atoms with Gasteiger partial charge < -0.3 is 15.2 Å². The summed E-state index contributed by atoms with van der Waals surface area (Å²) < 4.78 is 4.93. The van der Waals surface area contributed by atoms with Crippen LogP contribution in [0.1, 0.15) is 29.4 Å². The van der Waals surface area contributed by atoms with Gasteiger partial charge in [0.05, 0.1) is 0 Å². The second kappa shape index (κ2) is 4.39. The van der Waals surface area contributed by atoms with E-state index in [1.165, 1.54) is 19.9 Å². The van der Waals surface area contributed by atoms with Crippen LogP contribution in [-0.2, 0) is 6.42 Å². The van der Waals surface area contributed by atoms with E-state index in [9.17, 15) is 4.79 Å². The maximum Gasteiger partial charge on any atom is 0.292 e. The Morgan fingerprint density at radius 3 is 3.07 bits per heavy atom. The molecule has 1 aromatic rings. The molecule has 2 N–H and O–H groups in total. The van der Waals surface area contributed by atoms with Gasteiger partial charge >= 0.3 is 0 Å². The van der Waals surface area contributed by atoms with Gasteiger partial charge in [0.1, 0.15) is 0 Å². The van der Waals surface area contributed by atoms with Crippen molar-refractivity contribution in [1.82, 2.24) is 20.8 Å². The molecule has 1 aliphatic carbocycles. The lowest BCUT2D eigenvalue weighted by Crippen LogP contribution is -2.20. The molecule has 1 amide bonds. The third kappa shape index (κ3) is 2.76. The van der Waals surface area contributed by atoms with Crippen molar-refractivity contribution in [3.63, 3.8) is 0 Å². The monoisotopic (exact) mass is 210 g/mol. The normalized spacial score (nSPS) is 15.3. The fourth-order valence-corrected chi connectivity index (χ4v) is 1.23. The van der Waals surface area contributed by atoms with E-state index in [1.54, 1.807) is 0 Å².